The summed E-state index contributed by atoms with van der Waals surface area (Å²) in [4.78, 5) is 8.69. The fourth-order valence-corrected chi connectivity index (χ4v) is 3.36. The van der Waals surface area contributed by atoms with Crippen molar-refractivity contribution in [2.24, 2.45) is 0 Å². The van der Waals surface area contributed by atoms with Crippen LogP contribution in [0.3, 0.4) is 0 Å². The van der Waals surface area contributed by atoms with E-state index < -0.39 is 19.5 Å². The summed E-state index contributed by atoms with van der Waals surface area (Å²) >= 11 is -4.28. The minimum Gasteiger partial charge on any atom is -0.254 e. The maximum atomic E-state index is 12.1. The van der Waals surface area contributed by atoms with E-state index in [2.05, 4.69) is 34.2 Å². The van der Waals surface area contributed by atoms with E-state index in [1.54, 1.807) is 26.2 Å². The molecule has 110 valence electrons. The fourth-order valence-electron chi connectivity index (χ4n) is 1.93. The summed E-state index contributed by atoms with van der Waals surface area (Å²) in [5.74, 6) is 0. The Balaban J connectivity index is 0.000000199. The molecule has 0 spiro atoms. The van der Waals surface area contributed by atoms with Gasteiger partial charge in [0.05, 0.1) is 11.0 Å². The van der Waals surface area contributed by atoms with E-state index in [0.29, 0.717) is 0 Å². The molecule has 0 bridgehead atoms. The molecule has 0 aliphatic heterocycles. The predicted molar refractivity (Wildman–Crippen MR) is 86.0 cm³/mol. The molecule has 0 atom stereocenters. The summed E-state index contributed by atoms with van der Waals surface area (Å²) in [5, 5.41) is 2.28. The van der Waals surface area contributed by atoms with E-state index in [-0.39, 0.29) is 8.87 Å². The first-order valence-corrected chi connectivity index (χ1v) is 13.2. The Morgan fingerprint density at radius 1 is 0.810 bits per heavy atom. The monoisotopic (exact) mass is 396 g/mol. The molecule has 2 nitrogen and oxygen atoms in total. The van der Waals surface area contributed by atoms with Crippen molar-refractivity contribution in [3.05, 3.63) is 48.8 Å². The third-order valence-electron chi connectivity index (χ3n) is 3.38. The largest absolute Gasteiger partial charge is 0.254 e. The van der Waals surface area contributed by atoms with E-state index in [1.165, 1.54) is 0 Å². The third-order valence-corrected chi connectivity index (χ3v) is 9.28. The van der Waals surface area contributed by atoms with Gasteiger partial charge in [0.1, 0.15) is 0 Å². The number of fused-ring (bicyclic) bond motifs is 3. The minimum absolute atomic E-state index is 0.172. The van der Waals surface area contributed by atoms with Crippen LogP contribution in [-0.4, -0.2) is 29.5 Å². The molecular formula is C16H18F2N2Sn. The second kappa shape index (κ2) is 7.11. The zero-order chi connectivity index (χ0) is 15.3. The van der Waals surface area contributed by atoms with Crippen molar-refractivity contribution < 1.29 is 5.73 Å². The van der Waals surface area contributed by atoms with Gasteiger partial charge in [0, 0.05) is 23.2 Å². The van der Waals surface area contributed by atoms with Crippen molar-refractivity contribution in [1.82, 2.24) is 9.97 Å². The van der Waals surface area contributed by atoms with Crippen molar-refractivity contribution >= 4 is 41.3 Å². The SMILES string of the molecule is C[CH2][Sn]([F])([F])[CH2]C.c1cnc2c(c1)ccc1cccnc12. The van der Waals surface area contributed by atoms with Gasteiger partial charge in [0.2, 0.25) is 0 Å². The molecule has 0 radical (unpaired) electrons. The molecular weight excluding hydrogens is 377 g/mol. The molecule has 0 aliphatic carbocycles. The first kappa shape index (κ1) is 16.1. The Morgan fingerprint density at radius 3 is 1.57 bits per heavy atom. The topological polar surface area (TPSA) is 25.8 Å². The van der Waals surface area contributed by atoms with Gasteiger partial charge in [-0.05, 0) is 12.1 Å². The Kier molecular flexibility index (Phi) is 5.44. The molecule has 0 amide bonds. The van der Waals surface area contributed by atoms with Gasteiger partial charge in [-0.2, -0.15) is 0 Å². The van der Waals surface area contributed by atoms with E-state index >= 15 is 0 Å². The summed E-state index contributed by atoms with van der Waals surface area (Å²) in [6, 6.07) is 12.1. The number of aromatic nitrogens is 2. The van der Waals surface area contributed by atoms with Crippen LogP contribution in [-0.2, 0) is 0 Å². The minimum atomic E-state index is -4.28. The molecule has 2 aromatic heterocycles. The summed E-state index contributed by atoms with van der Waals surface area (Å²) in [6.07, 6.45) is 3.60. The molecule has 0 saturated heterocycles. The number of rotatable bonds is 2. The zero-order valence-corrected chi connectivity index (χ0v) is 15.0. The second-order valence-electron chi connectivity index (χ2n) is 4.78. The van der Waals surface area contributed by atoms with Gasteiger partial charge in [0.25, 0.3) is 0 Å². The Labute approximate surface area is 128 Å². The number of hydrogen-bond acceptors (Lipinski definition) is 2. The quantitative estimate of drug-likeness (QED) is 0.441. The first-order chi connectivity index (χ1) is 10.1. The van der Waals surface area contributed by atoms with Gasteiger partial charge >= 0.3 is 48.0 Å². The van der Waals surface area contributed by atoms with Crippen LogP contribution < -0.4 is 0 Å². The van der Waals surface area contributed by atoms with E-state index in [9.17, 15) is 5.73 Å². The van der Waals surface area contributed by atoms with Crippen LogP contribution in [0.4, 0.5) is 5.73 Å². The van der Waals surface area contributed by atoms with Crippen LogP contribution in [0.15, 0.2) is 48.8 Å². The molecule has 0 aliphatic rings. The standard InChI is InChI=1S/C12H8N2.2C2H5.2FH.Sn/c1-3-9-5-6-10-4-2-8-14-12(10)11(9)13-7-1;2*1-2;;;/h1-8H;2*1H2,2H3;2*1H;/q;;;;;+2/p-2. The number of benzene rings is 1. The fraction of sp³-hybridized carbons (Fsp3) is 0.250. The van der Waals surface area contributed by atoms with Crippen LogP contribution in [0.2, 0.25) is 8.87 Å². The van der Waals surface area contributed by atoms with Gasteiger partial charge in [-0.3, -0.25) is 9.97 Å². The van der Waals surface area contributed by atoms with Crippen LogP contribution in [0, 0.1) is 0 Å². The van der Waals surface area contributed by atoms with E-state index in [1.807, 2.05) is 12.1 Å². The normalized spacial score (nSPS) is 11.2. The molecule has 5 heteroatoms. The first-order valence-electron chi connectivity index (χ1n) is 7.03. The Bertz CT molecular complexity index is 671. The molecule has 0 unspecified atom stereocenters. The summed E-state index contributed by atoms with van der Waals surface area (Å²) in [7, 11) is 0. The van der Waals surface area contributed by atoms with Gasteiger partial charge in [-0.15, -0.1) is 0 Å². The Morgan fingerprint density at radius 2 is 1.24 bits per heavy atom. The van der Waals surface area contributed by atoms with Crippen molar-refractivity contribution in [2.75, 3.05) is 0 Å². The number of hydrogen-bond donors (Lipinski definition) is 0. The van der Waals surface area contributed by atoms with Crippen molar-refractivity contribution in [3.63, 3.8) is 0 Å². The molecule has 3 aromatic rings. The van der Waals surface area contributed by atoms with Gasteiger partial charge < -0.3 is 0 Å². The predicted octanol–water partition coefficient (Wildman–Crippen LogP) is 5.19. The molecule has 0 N–H and O–H groups in total. The van der Waals surface area contributed by atoms with E-state index in [0.717, 1.165) is 21.8 Å². The van der Waals surface area contributed by atoms with Crippen LogP contribution in [0.25, 0.3) is 21.8 Å². The van der Waals surface area contributed by atoms with Crippen LogP contribution >= 0.6 is 0 Å². The van der Waals surface area contributed by atoms with Crippen LogP contribution in [0.5, 0.6) is 0 Å². The Hall–Kier alpha value is -1.30. The smallest absolute Gasteiger partial charge is 0.0964 e. The second-order valence-corrected chi connectivity index (χ2v) is 13.7. The molecule has 1 aromatic carbocycles. The van der Waals surface area contributed by atoms with Crippen molar-refractivity contribution in [3.8, 4) is 0 Å². The summed E-state index contributed by atoms with van der Waals surface area (Å²) < 4.78 is 24.5. The van der Waals surface area contributed by atoms with Crippen LogP contribution in [0.1, 0.15) is 13.8 Å². The molecule has 0 saturated carbocycles. The average molecular weight is 395 g/mol. The zero-order valence-electron chi connectivity index (χ0n) is 12.2. The molecule has 2 heterocycles. The van der Waals surface area contributed by atoms with Gasteiger partial charge in [0.15, 0.2) is 0 Å². The maximum Gasteiger partial charge on any atom is 0.0964 e. The number of nitrogens with zero attached hydrogens (tertiary/aromatic N) is 2. The maximum absolute atomic E-state index is 12.1. The molecule has 21 heavy (non-hydrogen) atoms. The summed E-state index contributed by atoms with van der Waals surface area (Å²) in [6.45, 7) is 3.17. The number of pyridine rings is 2. The van der Waals surface area contributed by atoms with Gasteiger partial charge in [-0.1, -0.05) is 24.3 Å². The summed E-state index contributed by atoms with van der Waals surface area (Å²) in [5.41, 5.74) is 1.95. The van der Waals surface area contributed by atoms with E-state index in [4.69, 9.17) is 0 Å². The third kappa shape index (κ3) is 4.09. The van der Waals surface area contributed by atoms with Gasteiger partial charge in [-0.25, -0.2) is 0 Å². The van der Waals surface area contributed by atoms with Crippen molar-refractivity contribution in [2.45, 2.75) is 22.7 Å². The average Bonchev–Trinajstić information content (AvgIpc) is 2.55. The van der Waals surface area contributed by atoms with Crippen molar-refractivity contribution in [1.29, 1.82) is 0 Å². The molecule has 3 rings (SSSR count). The number of halogens is 2. The molecule has 0 fully saturated rings.